The van der Waals surface area contributed by atoms with Gasteiger partial charge in [0.05, 0.1) is 6.20 Å². The van der Waals surface area contributed by atoms with Crippen LogP contribution in [0.5, 0.6) is 11.5 Å². The summed E-state index contributed by atoms with van der Waals surface area (Å²) < 4.78 is 7.45. The number of benzene rings is 2. The summed E-state index contributed by atoms with van der Waals surface area (Å²) in [6.07, 6.45) is 2.41. The number of fused-ring (bicyclic) bond motifs is 1. The predicted octanol–water partition coefficient (Wildman–Crippen LogP) is 4.26. The van der Waals surface area contributed by atoms with Gasteiger partial charge in [0.1, 0.15) is 23.1 Å². The Morgan fingerprint density at radius 3 is 2.53 bits per heavy atom. The smallest absolute Gasteiger partial charge is 0.220 e. The number of nitriles is 1. The minimum atomic E-state index is -0.0355. The van der Waals surface area contributed by atoms with Crippen molar-refractivity contribution in [2.24, 2.45) is 0 Å². The number of para-hydroxylation sites is 1. The molecule has 160 valence electrons. The van der Waals surface area contributed by atoms with Crippen LogP contribution in [-0.2, 0) is 17.8 Å². The molecule has 0 fully saturated rings. The lowest BCUT2D eigenvalue weighted by Gasteiger charge is -2.11. The number of hydrogen-bond donors (Lipinski definition) is 1. The first-order chi connectivity index (χ1) is 15.5. The highest BCUT2D eigenvalue weighted by molar-refractivity contribution is 5.76. The van der Waals surface area contributed by atoms with Crippen molar-refractivity contribution in [1.82, 2.24) is 19.9 Å². The third kappa shape index (κ3) is 4.60. The molecule has 0 aliphatic rings. The number of carbonyl (C=O) groups excluding carboxylic acids is 1. The fraction of sp³-hybridized carbons (Fsp3) is 0.200. The molecule has 0 radical (unpaired) electrons. The number of hydrogen-bond acceptors (Lipinski definition) is 5. The molecule has 0 aliphatic heterocycles. The summed E-state index contributed by atoms with van der Waals surface area (Å²) in [5.41, 5.74) is 4.68. The fourth-order valence-corrected chi connectivity index (χ4v) is 3.58. The van der Waals surface area contributed by atoms with Crippen molar-refractivity contribution >= 4 is 11.6 Å². The summed E-state index contributed by atoms with van der Waals surface area (Å²) in [6.45, 7) is 4.28. The Balaban J connectivity index is 1.32. The second kappa shape index (κ2) is 9.31. The van der Waals surface area contributed by atoms with Crippen LogP contribution in [0, 0.1) is 25.2 Å². The Hall–Kier alpha value is -4.18. The van der Waals surface area contributed by atoms with Gasteiger partial charge in [-0.25, -0.2) is 9.50 Å². The zero-order chi connectivity index (χ0) is 22.5. The molecule has 1 N–H and O–H groups in total. The highest BCUT2D eigenvalue weighted by atomic mass is 16.5. The normalized spacial score (nSPS) is 10.7. The molecule has 0 saturated heterocycles. The van der Waals surface area contributed by atoms with Crippen LogP contribution in [0.25, 0.3) is 5.65 Å². The topological polar surface area (TPSA) is 92.3 Å². The van der Waals surface area contributed by atoms with E-state index in [0.717, 1.165) is 34.0 Å². The fourth-order valence-electron chi connectivity index (χ4n) is 3.58. The maximum absolute atomic E-state index is 12.4. The van der Waals surface area contributed by atoms with Gasteiger partial charge in [-0.2, -0.15) is 10.4 Å². The van der Waals surface area contributed by atoms with Gasteiger partial charge in [0.2, 0.25) is 5.91 Å². The van der Waals surface area contributed by atoms with E-state index in [1.54, 1.807) is 4.52 Å². The lowest BCUT2D eigenvalue weighted by atomic mass is 10.1. The van der Waals surface area contributed by atoms with Crippen LogP contribution in [0.3, 0.4) is 0 Å². The van der Waals surface area contributed by atoms with Gasteiger partial charge in [-0.05, 0) is 55.7 Å². The number of ether oxygens (including phenoxy) is 1. The molecule has 0 spiro atoms. The van der Waals surface area contributed by atoms with E-state index >= 15 is 0 Å². The Kier molecular flexibility index (Phi) is 6.13. The average Bonchev–Trinajstić information content (AvgIpc) is 3.22. The summed E-state index contributed by atoms with van der Waals surface area (Å²) in [5.74, 6) is 1.50. The third-order valence-electron chi connectivity index (χ3n) is 5.32. The van der Waals surface area contributed by atoms with E-state index in [-0.39, 0.29) is 5.91 Å². The molecule has 0 aliphatic carbocycles. The molecule has 0 saturated carbocycles. The summed E-state index contributed by atoms with van der Waals surface area (Å²) in [6, 6.07) is 19.4. The Bertz CT molecular complexity index is 1290. The van der Waals surface area contributed by atoms with E-state index in [0.29, 0.717) is 30.6 Å². The van der Waals surface area contributed by atoms with Crippen LogP contribution in [-0.4, -0.2) is 20.5 Å². The zero-order valence-corrected chi connectivity index (χ0v) is 18.0. The summed E-state index contributed by atoms with van der Waals surface area (Å²) >= 11 is 0. The van der Waals surface area contributed by atoms with Crippen molar-refractivity contribution in [2.75, 3.05) is 0 Å². The molecule has 2 aromatic carbocycles. The van der Waals surface area contributed by atoms with Crippen LogP contribution in [0.15, 0.2) is 60.8 Å². The van der Waals surface area contributed by atoms with Gasteiger partial charge in [-0.15, -0.1) is 0 Å². The van der Waals surface area contributed by atoms with Crippen molar-refractivity contribution in [3.8, 4) is 17.6 Å². The molecule has 7 heteroatoms. The van der Waals surface area contributed by atoms with Gasteiger partial charge in [0, 0.05) is 24.4 Å². The van der Waals surface area contributed by atoms with Crippen molar-refractivity contribution in [2.45, 2.75) is 33.2 Å². The lowest BCUT2D eigenvalue weighted by Crippen LogP contribution is -2.23. The average molecular weight is 425 g/mol. The Morgan fingerprint density at radius 1 is 1.09 bits per heavy atom. The van der Waals surface area contributed by atoms with Gasteiger partial charge in [0.15, 0.2) is 5.65 Å². The second-order valence-electron chi connectivity index (χ2n) is 7.50. The minimum absolute atomic E-state index is 0.0355. The van der Waals surface area contributed by atoms with Gasteiger partial charge in [-0.1, -0.05) is 30.3 Å². The zero-order valence-electron chi connectivity index (χ0n) is 18.0. The van der Waals surface area contributed by atoms with Crippen molar-refractivity contribution < 1.29 is 9.53 Å². The molecule has 32 heavy (non-hydrogen) atoms. The number of rotatable bonds is 7. The molecule has 2 aromatic heterocycles. The van der Waals surface area contributed by atoms with Gasteiger partial charge < -0.3 is 10.1 Å². The van der Waals surface area contributed by atoms with Gasteiger partial charge >= 0.3 is 0 Å². The van der Waals surface area contributed by atoms with Crippen molar-refractivity contribution in [1.29, 1.82) is 5.26 Å². The molecular formula is C25H23N5O2. The summed E-state index contributed by atoms with van der Waals surface area (Å²) in [4.78, 5) is 16.9. The van der Waals surface area contributed by atoms with E-state index in [9.17, 15) is 10.1 Å². The largest absolute Gasteiger partial charge is 0.457 e. The van der Waals surface area contributed by atoms with E-state index in [1.807, 2.05) is 68.4 Å². The van der Waals surface area contributed by atoms with Crippen LogP contribution in [0.2, 0.25) is 0 Å². The maximum atomic E-state index is 12.4. The molecule has 7 nitrogen and oxygen atoms in total. The molecule has 4 aromatic rings. The monoisotopic (exact) mass is 425 g/mol. The molecule has 0 atom stereocenters. The molecule has 2 heterocycles. The summed E-state index contributed by atoms with van der Waals surface area (Å²) in [5, 5.41) is 16.4. The van der Waals surface area contributed by atoms with Crippen molar-refractivity contribution in [3.63, 3.8) is 0 Å². The quantitative estimate of drug-likeness (QED) is 0.478. The first-order valence-corrected chi connectivity index (χ1v) is 10.4. The molecule has 0 bridgehead atoms. The van der Waals surface area contributed by atoms with Crippen LogP contribution >= 0.6 is 0 Å². The predicted molar refractivity (Wildman–Crippen MR) is 120 cm³/mol. The lowest BCUT2D eigenvalue weighted by molar-refractivity contribution is -0.121. The highest BCUT2D eigenvalue weighted by Gasteiger charge is 2.14. The molecular weight excluding hydrogens is 402 g/mol. The Labute approximate surface area is 186 Å². The van der Waals surface area contributed by atoms with Crippen LogP contribution in [0.4, 0.5) is 0 Å². The van der Waals surface area contributed by atoms with Gasteiger partial charge in [-0.3, -0.25) is 4.79 Å². The highest BCUT2D eigenvalue weighted by Crippen LogP contribution is 2.21. The minimum Gasteiger partial charge on any atom is -0.457 e. The number of aromatic nitrogens is 3. The number of nitrogens with one attached hydrogen (secondary N) is 1. The van der Waals surface area contributed by atoms with E-state index in [2.05, 4.69) is 21.5 Å². The molecule has 4 rings (SSSR count). The number of carbonyl (C=O) groups is 1. The Morgan fingerprint density at radius 2 is 1.81 bits per heavy atom. The molecule has 0 unspecified atom stereocenters. The van der Waals surface area contributed by atoms with E-state index in [1.165, 1.54) is 6.20 Å². The molecule has 1 amide bonds. The van der Waals surface area contributed by atoms with Crippen LogP contribution < -0.4 is 10.1 Å². The number of amides is 1. The summed E-state index contributed by atoms with van der Waals surface area (Å²) in [7, 11) is 0. The SMILES string of the molecule is Cc1nc2c(C#N)cnn2c(C)c1CCC(=O)NCc1ccc(Oc2ccccc2)cc1. The second-order valence-corrected chi connectivity index (χ2v) is 7.50. The van der Waals surface area contributed by atoms with Crippen LogP contribution in [0.1, 0.15) is 34.5 Å². The first kappa shape index (κ1) is 21.1. The van der Waals surface area contributed by atoms with E-state index in [4.69, 9.17) is 4.74 Å². The number of nitrogens with zero attached hydrogens (tertiary/aromatic N) is 4. The maximum Gasteiger partial charge on any atom is 0.220 e. The van der Waals surface area contributed by atoms with E-state index < -0.39 is 0 Å². The third-order valence-corrected chi connectivity index (χ3v) is 5.32. The first-order valence-electron chi connectivity index (χ1n) is 10.4. The number of aryl methyl sites for hydroxylation is 2. The van der Waals surface area contributed by atoms with Gasteiger partial charge in [0.25, 0.3) is 0 Å². The standard InChI is InChI=1S/C25H23N5O2/c1-17-23(18(2)30-25(29-17)20(14-26)16-28-30)12-13-24(31)27-15-19-8-10-22(11-9-19)32-21-6-4-3-5-7-21/h3-11,16H,12-13,15H2,1-2H3,(H,27,31). The van der Waals surface area contributed by atoms with Crippen molar-refractivity contribution in [3.05, 3.63) is 88.9 Å².